The van der Waals surface area contributed by atoms with E-state index in [4.69, 9.17) is 5.73 Å². The second kappa shape index (κ2) is 7.11. The lowest BCUT2D eigenvalue weighted by Crippen LogP contribution is -2.28. The van der Waals surface area contributed by atoms with Gasteiger partial charge in [0.2, 0.25) is 0 Å². The highest BCUT2D eigenvalue weighted by atomic mass is 16.2. The molecule has 2 rings (SSSR count). The Bertz CT molecular complexity index is 739. The van der Waals surface area contributed by atoms with Crippen molar-refractivity contribution in [2.75, 3.05) is 18.9 Å². The number of pyridine rings is 1. The second-order valence-corrected chi connectivity index (χ2v) is 4.29. The van der Waals surface area contributed by atoms with E-state index in [2.05, 4.69) is 30.6 Å². The number of fused-ring (bicyclic) bond motifs is 1. The van der Waals surface area contributed by atoms with E-state index < -0.39 is 0 Å². The van der Waals surface area contributed by atoms with Gasteiger partial charge in [-0.15, -0.1) is 0 Å². The minimum Gasteiger partial charge on any atom is -0.404 e. The minimum atomic E-state index is -0.320. The summed E-state index contributed by atoms with van der Waals surface area (Å²) in [6.07, 6.45) is 4.59. The number of hydrogen-bond acceptors (Lipinski definition) is 6. The summed E-state index contributed by atoms with van der Waals surface area (Å²) in [4.78, 5) is 28.4. The van der Waals surface area contributed by atoms with Crippen LogP contribution < -0.4 is 16.4 Å². The van der Waals surface area contributed by atoms with E-state index in [0.29, 0.717) is 34.8 Å². The van der Waals surface area contributed by atoms with E-state index in [1.54, 1.807) is 31.6 Å². The number of rotatable bonds is 4. The van der Waals surface area contributed by atoms with E-state index >= 15 is 0 Å². The number of nitrogens with two attached hydrogens (primary N) is 1. The largest absolute Gasteiger partial charge is 0.404 e. The van der Waals surface area contributed by atoms with Gasteiger partial charge in [-0.25, -0.2) is 14.8 Å². The molecule has 0 spiro atoms. The van der Waals surface area contributed by atoms with Crippen LogP contribution in [0.1, 0.15) is 12.6 Å². The van der Waals surface area contributed by atoms with Crippen molar-refractivity contribution in [1.82, 2.24) is 20.3 Å². The van der Waals surface area contributed by atoms with Crippen LogP contribution in [-0.4, -0.2) is 40.8 Å². The summed E-state index contributed by atoms with van der Waals surface area (Å²) in [6, 6.07) is 3.08. The molecule has 8 heteroatoms. The van der Waals surface area contributed by atoms with Crippen molar-refractivity contribution < 1.29 is 4.79 Å². The first-order valence-electron chi connectivity index (χ1n) is 6.71. The summed E-state index contributed by atoms with van der Waals surface area (Å²) in [7, 11) is 1.64. The van der Waals surface area contributed by atoms with Crippen LogP contribution in [0, 0.1) is 0 Å². The van der Waals surface area contributed by atoms with Crippen molar-refractivity contribution in [2.45, 2.75) is 6.92 Å². The highest BCUT2D eigenvalue weighted by molar-refractivity contribution is 6.09. The van der Waals surface area contributed by atoms with E-state index in [-0.39, 0.29) is 6.03 Å². The number of urea groups is 1. The number of allylic oxidation sites excluding steroid dienone is 1. The third-order valence-electron chi connectivity index (χ3n) is 2.73. The predicted molar refractivity (Wildman–Crippen MR) is 86.6 cm³/mol. The van der Waals surface area contributed by atoms with Gasteiger partial charge in [-0.05, 0) is 19.1 Å². The summed E-state index contributed by atoms with van der Waals surface area (Å²) >= 11 is 0. The number of hydrogen-bond donors (Lipinski definition) is 3. The zero-order valence-corrected chi connectivity index (χ0v) is 12.4. The van der Waals surface area contributed by atoms with Crippen molar-refractivity contribution in [3.63, 3.8) is 0 Å². The van der Waals surface area contributed by atoms with Crippen molar-refractivity contribution in [1.29, 1.82) is 0 Å². The van der Waals surface area contributed by atoms with E-state index in [1.807, 2.05) is 6.92 Å². The fourth-order valence-corrected chi connectivity index (χ4v) is 1.76. The molecule has 2 aromatic heterocycles. The van der Waals surface area contributed by atoms with Crippen LogP contribution in [0.2, 0.25) is 0 Å². The van der Waals surface area contributed by atoms with Gasteiger partial charge in [-0.1, -0.05) is 0 Å². The molecule has 0 aliphatic heterocycles. The number of anilines is 1. The van der Waals surface area contributed by atoms with Gasteiger partial charge in [0, 0.05) is 31.6 Å². The molecule has 2 aromatic rings. The number of carbonyl (C=O) groups excluding carboxylic acids is 1. The predicted octanol–water partition coefficient (Wildman–Crippen LogP) is 1.17. The molecule has 114 valence electrons. The number of nitrogens with zero attached hydrogens (tertiary/aromatic N) is 4. The topological polar surface area (TPSA) is 118 Å². The Balaban J connectivity index is 2.36. The molecule has 0 unspecified atom stereocenters. The highest BCUT2D eigenvalue weighted by Gasteiger charge is 2.07. The molecule has 2 amide bonds. The Labute approximate surface area is 127 Å². The number of nitrogens with one attached hydrogen (secondary N) is 2. The fraction of sp³-hybridized carbons (Fsp3) is 0.214. The van der Waals surface area contributed by atoms with Gasteiger partial charge in [-0.2, -0.15) is 0 Å². The highest BCUT2D eigenvalue weighted by Crippen LogP contribution is 2.14. The molecular weight excluding hydrogens is 282 g/mol. The van der Waals surface area contributed by atoms with Gasteiger partial charge < -0.3 is 11.1 Å². The summed E-state index contributed by atoms with van der Waals surface area (Å²) in [6.45, 7) is 2.37. The molecule has 0 saturated carbocycles. The van der Waals surface area contributed by atoms with E-state index in [9.17, 15) is 4.79 Å². The fourth-order valence-electron chi connectivity index (χ4n) is 1.76. The molecule has 0 radical (unpaired) electrons. The van der Waals surface area contributed by atoms with Gasteiger partial charge in [-0.3, -0.25) is 15.3 Å². The Morgan fingerprint density at radius 1 is 1.41 bits per heavy atom. The molecule has 0 fully saturated rings. The van der Waals surface area contributed by atoms with Gasteiger partial charge in [0.1, 0.15) is 11.3 Å². The maximum Gasteiger partial charge on any atom is 0.320 e. The third kappa shape index (κ3) is 3.54. The SMILES string of the molecule is CCNC(=O)Nc1ccc2ncc(/C(C=NC)=C/N)nc2n1. The monoisotopic (exact) mass is 299 g/mol. The Kier molecular flexibility index (Phi) is 4.97. The number of aromatic nitrogens is 3. The number of amides is 2. The summed E-state index contributed by atoms with van der Waals surface area (Å²) in [5, 5.41) is 5.26. The average molecular weight is 299 g/mol. The Hall–Kier alpha value is -3.03. The van der Waals surface area contributed by atoms with Gasteiger partial charge in [0.15, 0.2) is 5.65 Å². The van der Waals surface area contributed by atoms with Gasteiger partial charge in [0.25, 0.3) is 0 Å². The maximum absolute atomic E-state index is 11.5. The third-order valence-corrected chi connectivity index (χ3v) is 2.73. The first kappa shape index (κ1) is 15.4. The zero-order chi connectivity index (χ0) is 15.9. The number of carbonyl (C=O) groups is 1. The smallest absolute Gasteiger partial charge is 0.320 e. The van der Waals surface area contributed by atoms with Crippen LogP contribution in [0.3, 0.4) is 0 Å². The molecule has 0 saturated heterocycles. The average Bonchev–Trinajstić information content (AvgIpc) is 2.52. The first-order chi connectivity index (χ1) is 10.7. The van der Waals surface area contributed by atoms with Gasteiger partial charge in [0.05, 0.1) is 11.9 Å². The maximum atomic E-state index is 11.5. The zero-order valence-electron chi connectivity index (χ0n) is 12.4. The van der Waals surface area contributed by atoms with Crippen LogP contribution in [0.15, 0.2) is 29.5 Å². The van der Waals surface area contributed by atoms with Crippen LogP contribution in [-0.2, 0) is 0 Å². The van der Waals surface area contributed by atoms with Crippen molar-refractivity contribution in [3.8, 4) is 0 Å². The molecule has 4 N–H and O–H groups in total. The van der Waals surface area contributed by atoms with Crippen LogP contribution in [0.4, 0.5) is 10.6 Å². The lowest BCUT2D eigenvalue weighted by atomic mass is 10.2. The van der Waals surface area contributed by atoms with Crippen LogP contribution in [0.5, 0.6) is 0 Å². The molecule has 0 atom stereocenters. The van der Waals surface area contributed by atoms with Crippen molar-refractivity contribution in [2.24, 2.45) is 10.7 Å². The lowest BCUT2D eigenvalue weighted by molar-refractivity contribution is 0.252. The molecule has 0 aliphatic carbocycles. The summed E-state index contributed by atoms with van der Waals surface area (Å²) in [5.74, 6) is 0.396. The Morgan fingerprint density at radius 2 is 2.23 bits per heavy atom. The van der Waals surface area contributed by atoms with Crippen LogP contribution in [0.25, 0.3) is 16.7 Å². The molecule has 0 bridgehead atoms. The van der Waals surface area contributed by atoms with Gasteiger partial charge >= 0.3 is 6.03 Å². The molecule has 0 aliphatic rings. The Morgan fingerprint density at radius 3 is 2.91 bits per heavy atom. The number of aliphatic imine (C=N–C) groups is 1. The molecule has 8 nitrogen and oxygen atoms in total. The normalized spacial score (nSPS) is 11.8. The minimum absolute atomic E-state index is 0.320. The quantitative estimate of drug-likeness (QED) is 0.732. The molecule has 2 heterocycles. The second-order valence-electron chi connectivity index (χ2n) is 4.29. The molecule has 22 heavy (non-hydrogen) atoms. The van der Waals surface area contributed by atoms with Crippen molar-refractivity contribution >= 4 is 34.8 Å². The standard InChI is InChI=1S/C14H17N7O/c1-3-17-14(22)21-12-5-4-10-13(20-12)19-11(8-18-10)9(6-15)7-16-2/h4-8H,3,15H2,1-2H3,(H2,17,19,20,21,22)/b9-6+,16-7?. The van der Waals surface area contributed by atoms with E-state index in [0.717, 1.165) is 0 Å². The molecular formula is C14H17N7O. The first-order valence-corrected chi connectivity index (χ1v) is 6.71. The molecule has 0 aromatic carbocycles. The van der Waals surface area contributed by atoms with E-state index in [1.165, 1.54) is 6.20 Å². The summed E-state index contributed by atoms with van der Waals surface area (Å²) in [5.41, 5.74) is 7.79. The van der Waals surface area contributed by atoms with Crippen molar-refractivity contribution in [3.05, 3.63) is 30.2 Å². The lowest BCUT2D eigenvalue weighted by Gasteiger charge is -2.06. The summed E-state index contributed by atoms with van der Waals surface area (Å²) < 4.78 is 0. The van der Waals surface area contributed by atoms with Crippen LogP contribution >= 0.6 is 0 Å².